The number of aromatic nitrogens is 2. The minimum absolute atomic E-state index is 0.265. The number of rotatable bonds is 8. The Balaban J connectivity index is 1.68. The predicted molar refractivity (Wildman–Crippen MR) is 110 cm³/mol. The van der Waals surface area contributed by atoms with Crippen LogP contribution in [0.25, 0.3) is 10.9 Å². The second-order valence-electron chi connectivity index (χ2n) is 7.00. The molecule has 0 saturated carbocycles. The highest BCUT2D eigenvalue weighted by Gasteiger charge is 2.16. The van der Waals surface area contributed by atoms with Crippen LogP contribution >= 0.6 is 0 Å². The molecule has 0 spiro atoms. The van der Waals surface area contributed by atoms with E-state index in [0.717, 1.165) is 11.1 Å². The molecular weight excluding hydrogens is 372 g/mol. The first-order valence-electron chi connectivity index (χ1n) is 9.44. The lowest BCUT2D eigenvalue weighted by Gasteiger charge is -2.12. The highest BCUT2D eigenvalue weighted by atomic mass is 16.5. The second kappa shape index (κ2) is 8.87. The minimum Gasteiger partial charge on any atom is -0.479 e. The fourth-order valence-electron chi connectivity index (χ4n) is 3.43. The number of methoxy groups -OCH3 is 1. The zero-order valence-corrected chi connectivity index (χ0v) is 16.5. The van der Waals surface area contributed by atoms with E-state index in [4.69, 9.17) is 9.84 Å². The summed E-state index contributed by atoms with van der Waals surface area (Å²) in [5, 5.41) is 9.60. The van der Waals surface area contributed by atoms with Crippen molar-refractivity contribution in [1.29, 1.82) is 0 Å². The molecule has 1 heterocycles. The van der Waals surface area contributed by atoms with Gasteiger partial charge in [0.25, 0.3) is 5.56 Å². The molecule has 2 aromatic carbocycles. The van der Waals surface area contributed by atoms with Gasteiger partial charge in [-0.05, 0) is 36.1 Å². The number of hydrogen-bond acceptors (Lipinski definition) is 4. The SMILES string of the molecule is COC(Cc1ccc(CCCn2c(=O)c3ccccc3n(C)c2=O)cc1)C(=O)O. The van der Waals surface area contributed by atoms with Crippen LogP contribution in [0.15, 0.2) is 58.1 Å². The van der Waals surface area contributed by atoms with Crippen LogP contribution in [-0.2, 0) is 36.0 Å². The highest BCUT2D eigenvalue weighted by molar-refractivity contribution is 5.77. The number of ether oxygens (including phenoxy) is 1. The Morgan fingerprint density at radius 2 is 1.72 bits per heavy atom. The predicted octanol–water partition coefficient (Wildman–Crippen LogP) is 1.98. The first kappa shape index (κ1) is 20.5. The lowest BCUT2D eigenvalue weighted by Crippen LogP contribution is -2.39. The van der Waals surface area contributed by atoms with Crippen LogP contribution in [0.3, 0.4) is 0 Å². The van der Waals surface area contributed by atoms with Gasteiger partial charge in [-0.3, -0.25) is 13.9 Å². The molecule has 3 rings (SSSR count). The van der Waals surface area contributed by atoms with Gasteiger partial charge in [-0.2, -0.15) is 0 Å². The average molecular weight is 396 g/mol. The molecule has 152 valence electrons. The molecule has 0 bridgehead atoms. The van der Waals surface area contributed by atoms with E-state index >= 15 is 0 Å². The Morgan fingerprint density at radius 3 is 2.38 bits per heavy atom. The van der Waals surface area contributed by atoms with Gasteiger partial charge in [0.05, 0.1) is 10.9 Å². The van der Waals surface area contributed by atoms with E-state index in [0.29, 0.717) is 36.7 Å². The van der Waals surface area contributed by atoms with Crippen LogP contribution in [0.5, 0.6) is 0 Å². The molecule has 1 atom stereocenters. The number of carboxylic acids is 1. The van der Waals surface area contributed by atoms with Gasteiger partial charge in [-0.15, -0.1) is 0 Å². The average Bonchev–Trinajstić information content (AvgIpc) is 2.73. The summed E-state index contributed by atoms with van der Waals surface area (Å²) in [6.45, 7) is 0.336. The topological polar surface area (TPSA) is 90.5 Å². The molecule has 7 heteroatoms. The highest BCUT2D eigenvalue weighted by Crippen LogP contribution is 2.11. The summed E-state index contributed by atoms with van der Waals surface area (Å²) < 4.78 is 7.74. The van der Waals surface area contributed by atoms with E-state index < -0.39 is 12.1 Å². The van der Waals surface area contributed by atoms with Crippen LogP contribution in [0.1, 0.15) is 17.5 Å². The number of fused-ring (bicyclic) bond motifs is 1. The molecule has 29 heavy (non-hydrogen) atoms. The molecule has 0 radical (unpaired) electrons. The van der Waals surface area contributed by atoms with Crippen molar-refractivity contribution in [3.63, 3.8) is 0 Å². The summed E-state index contributed by atoms with van der Waals surface area (Å²) >= 11 is 0. The van der Waals surface area contributed by atoms with E-state index in [-0.39, 0.29) is 11.2 Å². The monoisotopic (exact) mass is 396 g/mol. The number of carboxylic acid groups (broad SMARTS) is 1. The summed E-state index contributed by atoms with van der Waals surface area (Å²) in [5.41, 5.74) is 1.98. The van der Waals surface area contributed by atoms with E-state index in [1.807, 2.05) is 24.3 Å². The quantitative estimate of drug-likeness (QED) is 0.629. The Kier molecular flexibility index (Phi) is 6.29. The molecule has 1 unspecified atom stereocenters. The first-order chi connectivity index (χ1) is 13.9. The summed E-state index contributed by atoms with van der Waals surface area (Å²) in [4.78, 5) is 36.3. The maximum absolute atomic E-state index is 12.7. The molecule has 3 aromatic rings. The standard InChI is InChI=1S/C22H24N2O5/c1-23-18-8-4-3-7-17(18)20(25)24(22(23)28)13-5-6-15-9-11-16(12-10-15)14-19(29-2)21(26)27/h3-4,7-12,19H,5-6,13-14H2,1-2H3,(H,26,27). The molecule has 1 aromatic heterocycles. The van der Waals surface area contributed by atoms with E-state index in [1.54, 1.807) is 31.3 Å². The van der Waals surface area contributed by atoms with Crippen molar-refractivity contribution in [3.05, 3.63) is 80.5 Å². The van der Waals surface area contributed by atoms with Crippen molar-refractivity contribution in [1.82, 2.24) is 9.13 Å². The van der Waals surface area contributed by atoms with Crippen molar-refractivity contribution in [3.8, 4) is 0 Å². The Morgan fingerprint density at radius 1 is 1.07 bits per heavy atom. The molecule has 0 aliphatic carbocycles. The fraction of sp³-hybridized carbons (Fsp3) is 0.318. The maximum Gasteiger partial charge on any atom is 0.333 e. The van der Waals surface area contributed by atoms with Crippen molar-refractivity contribution in [2.45, 2.75) is 31.9 Å². The van der Waals surface area contributed by atoms with Gasteiger partial charge in [0, 0.05) is 27.1 Å². The van der Waals surface area contributed by atoms with Crippen molar-refractivity contribution in [2.24, 2.45) is 7.05 Å². The van der Waals surface area contributed by atoms with Crippen LogP contribution < -0.4 is 11.2 Å². The Hall–Kier alpha value is -3.19. The lowest BCUT2D eigenvalue weighted by atomic mass is 10.0. The lowest BCUT2D eigenvalue weighted by molar-refractivity contribution is -0.148. The smallest absolute Gasteiger partial charge is 0.333 e. The maximum atomic E-state index is 12.7. The van der Waals surface area contributed by atoms with Crippen LogP contribution in [0.2, 0.25) is 0 Å². The second-order valence-corrected chi connectivity index (χ2v) is 7.00. The van der Waals surface area contributed by atoms with Gasteiger partial charge in [0.1, 0.15) is 0 Å². The molecule has 1 N–H and O–H groups in total. The fourth-order valence-corrected chi connectivity index (χ4v) is 3.43. The Labute approximate surface area is 167 Å². The van der Waals surface area contributed by atoms with Gasteiger partial charge in [-0.25, -0.2) is 9.59 Å². The molecule has 0 aliphatic rings. The number of hydrogen-bond donors (Lipinski definition) is 1. The molecule has 0 aliphatic heterocycles. The third-order valence-corrected chi connectivity index (χ3v) is 5.11. The molecule has 0 fully saturated rings. The molecule has 0 amide bonds. The van der Waals surface area contributed by atoms with Gasteiger partial charge in [0.15, 0.2) is 6.10 Å². The zero-order valence-electron chi connectivity index (χ0n) is 16.5. The number of aliphatic carboxylic acids is 1. The van der Waals surface area contributed by atoms with Crippen molar-refractivity contribution in [2.75, 3.05) is 7.11 Å². The number of aryl methyl sites for hydroxylation is 2. The molecular formula is C22H24N2O5. The van der Waals surface area contributed by atoms with E-state index in [2.05, 4.69) is 0 Å². The van der Waals surface area contributed by atoms with Crippen molar-refractivity contribution >= 4 is 16.9 Å². The largest absolute Gasteiger partial charge is 0.479 e. The third kappa shape index (κ3) is 4.46. The van der Waals surface area contributed by atoms with E-state index in [1.165, 1.54) is 16.2 Å². The van der Waals surface area contributed by atoms with Crippen LogP contribution in [-0.4, -0.2) is 33.4 Å². The van der Waals surface area contributed by atoms with Gasteiger partial charge < -0.3 is 9.84 Å². The number of para-hydroxylation sites is 1. The Bertz CT molecular complexity index is 1130. The normalized spacial score (nSPS) is 12.2. The summed E-state index contributed by atoms with van der Waals surface area (Å²) in [5.74, 6) is -0.987. The summed E-state index contributed by atoms with van der Waals surface area (Å²) in [7, 11) is 3.05. The number of carbonyl (C=O) groups is 1. The third-order valence-electron chi connectivity index (χ3n) is 5.11. The number of nitrogens with zero attached hydrogens (tertiary/aromatic N) is 2. The molecule has 7 nitrogen and oxygen atoms in total. The van der Waals surface area contributed by atoms with E-state index in [9.17, 15) is 14.4 Å². The van der Waals surface area contributed by atoms with Gasteiger partial charge in [0.2, 0.25) is 0 Å². The summed E-state index contributed by atoms with van der Waals surface area (Å²) in [6, 6.07) is 14.7. The van der Waals surface area contributed by atoms with Crippen LogP contribution in [0, 0.1) is 0 Å². The van der Waals surface area contributed by atoms with Crippen molar-refractivity contribution < 1.29 is 14.6 Å². The zero-order chi connectivity index (χ0) is 21.0. The molecule has 0 saturated heterocycles. The van der Waals surface area contributed by atoms with Gasteiger partial charge in [-0.1, -0.05) is 36.4 Å². The van der Waals surface area contributed by atoms with Crippen LogP contribution in [0.4, 0.5) is 0 Å². The number of benzene rings is 2. The minimum atomic E-state index is -0.987. The summed E-state index contributed by atoms with van der Waals surface area (Å²) in [6.07, 6.45) is 0.781. The van der Waals surface area contributed by atoms with Gasteiger partial charge >= 0.3 is 11.7 Å². The first-order valence-corrected chi connectivity index (χ1v) is 9.44.